The van der Waals surface area contributed by atoms with Crippen molar-refractivity contribution in [3.63, 3.8) is 0 Å². The summed E-state index contributed by atoms with van der Waals surface area (Å²) in [6.07, 6.45) is 1.59. The molecule has 0 bridgehead atoms. The monoisotopic (exact) mass is 284 g/mol. The maximum absolute atomic E-state index is 11.5. The van der Waals surface area contributed by atoms with Gasteiger partial charge in [0.25, 0.3) is 0 Å². The molecule has 2 aromatic rings. The minimum atomic E-state index is -0.469. The lowest BCUT2D eigenvalue weighted by atomic mass is 10.3. The molecule has 0 aliphatic carbocycles. The number of anilines is 1. The zero-order valence-electron chi connectivity index (χ0n) is 9.48. The normalized spacial score (nSPS) is 10.2. The van der Waals surface area contributed by atoms with Crippen molar-refractivity contribution in [1.82, 2.24) is 4.68 Å². The van der Waals surface area contributed by atoms with Crippen LogP contribution >= 0.6 is 23.2 Å². The molecular weight excluding hydrogens is 275 g/mol. The van der Waals surface area contributed by atoms with Gasteiger partial charge in [0.1, 0.15) is 5.69 Å². The molecule has 0 saturated heterocycles. The molecule has 1 aromatic carbocycles. The summed E-state index contributed by atoms with van der Waals surface area (Å²) in [4.78, 5) is 11.5. The summed E-state index contributed by atoms with van der Waals surface area (Å²) in [6.45, 7) is 0. The summed E-state index contributed by atoms with van der Waals surface area (Å²) in [5, 5.41) is 1.08. The van der Waals surface area contributed by atoms with E-state index in [1.807, 2.05) is 0 Å². The molecule has 0 unspecified atom stereocenters. The molecule has 2 rings (SSSR count). The quantitative estimate of drug-likeness (QED) is 0.878. The molecule has 94 valence electrons. The van der Waals surface area contributed by atoms with Crippen molar-refractivity contribution in [2.75, 3.05) is 12.5 Å². The number of carbonyl (C=O) groups excluding carboxylic acids is 1. The predicted octanol–water partition coefficient (Wildman–Crippen LogP) is 3.46. The van der Waals surface area contributed by atoms with Crippen LogP contribution in [0.4, 0.5) is 5.69 Å². The second-order valence-corrected chi connectivity index (χ2v) is 4.40. The number of ether oxygens (including phenoxy) is 1. The van der Waals surface area contributed by atoms with Crippen molar-refractivity contribution in [3.8, 4) is 0 Å². The number of nitrogens with zero attached hydrogens (tertiary/aromatic N) is 1. The Bertz CT molecular complexity index is 564. The average molecular weight is 285 g/mol. The highest BCUT2D eigenvalue weighted by Crippen LogP contribution is 2.18. The summed E-state index contributed by atoms with van der Waals surface area (Å²) in [7, 11) is 1.32. The van der Waals surface area contributed by atoms with Crippen LogP contribution in [-0.2, 0) is 4.74 Å². The van der Waals surface area contributed by atoms with E-state index in [4.69, 9.17) is 23.2 Å². The highest BCUT2D eigenvalue weighted by atomic mass is 35.5. The molecule has 0 aliphatic rings. The lowest BCUT2D eigenvalue weighted by Crippen LogP contribution is -2.16. The Kier molecular flexibility index (Phi) is 3.79. The number of nitrogens with one attached hydrogen (secondary N) is 1. The Morgan fingerprint density at radius 1 is 1.22 bits per heavy atom. The summed E-state index contributed by atoms with van der Waals surface area (Å²) in [6, 6.07) is 8.59. The van der Waals surface area contributed by atoms with E-state index in [9.17, 15) is 4.79 Å². The second kappa shape index (κ2) is 5.33. The summed E-state index contributed by atoms with van der Waals surface area (Å²) >= 11 is 11.7. The van der Waals surface area contributed by atoms with Crippen molar-refractivity contribution < 1.29 is 9.53 Å². The number of esters is 1. The molecule has 0 aliphatic heterocycles. The molecule has 18 heavy (non-hydrogen) atoms. The van der Waals surface area contributed by atoms with Crippen LogP contribution in [-0.4, -0.2) is 17.8 Å². The average Bonchev–Trinajstić information content (AvgIpc) is 2.72. The Morgan fingerprint density at radius 3 is 2.50 bits per heavy atom. The van der Waals surface area contributed by atoms with Gasteiger partial charge in [-0.1, -0.05) is 23.2 Å². The second-order valence-electron chi connectivity index (χ2n) is 3.52. The molecule has 1 N–H and O–H groups in total. The van der Waals surface area contributed by atoms with Crippen LogP contribution in [0.1, 0.15) is 10.5 Å². The van der Waals surface area contributed by atoms with Crippen LogP contribution in [0.5, 0.6) is 0 Å². The molecule has 0 spiro atoms. The number of hydrogen-bond donors (Lipinski definition) is 1. The number of benzene rings is 1. The standard InChI is InChI=1S/C12H10Cl2N2O2/c1-18-12(17)11-6-9(14)7-16(11)15-10-4-2-8(13)3-5-10/h2-7,15H,1H3. The van der Waals surface area contributed by atoms with Crippen molar-refractivity contribution in [2.45, 2.75) is 0 Å². The molecular formula is C12H10Cl2N2O2. The van der Waals surface area contributed by atoms with Gasteiger partial charge in [0, 0.05) is 11.2 Å². The molecule has 0 saturated carbocycles. The van der Waals surface area contributed by atoms with E-state index in [0.29, 0.717) is 15.7 Å². The molecule has 0 fully saturated rings. The van der Waals surface area contributed by atoms with Crippen molar-refractivity contribution in [2.24, 2.45) is 0 Å². The van der Waals surface area contributed by atoms with E-state index in [0.717, 1.165) is 5.69 Å². The van der Waals surface area contributed by atoms with E-state index in [-0.39, 0.29) is 0 Å². The van der Waals surface area contributed by atoms with E-state index in [1.165, 1.54) is 17.9 Å². The maximum atomic E-state index is 11.5. The molecule has 4 nitrogen and oxygen atoms in total. The number of hydrogen-bond acceptors (Lipinski definition) is 3. The summed E-state index contributed by atoms with van der Waals surface area (Å²) in [5.74, 6) is -0.469. The molecule has 1 aromatic heterocycles. The highest BCUT2D eigenvalue weighted by molar-refractivity contribution is 6.31. The smallest absolute Gasteiger partial charge is 0.356 e. The third kappa shape index (κ3) is 2.78. The maximum Gasteiger partial charge on any atom is 0.356 e. The van der Waals surface area contributed by atoms with Gasteiger partial charge in [0.2, 0.25) is 0 Å². The van der Waals surface area contributed by atoms with Gasteiger partial charge in [-0.15, -0.1) is 0 Å². The van der Waals surface area contributed by atoms with Gasteiger partial charge >= 0.3 is 5.97 Å². The van der Waals surface area contributed by atoms with Gasteiger partial charge < -0.3 is 4.74 Å². The first-order valence-corrected chi connectivity index (χ1v) is 5.84. The van der Waals surface area contributed by atoms with Crippen LogP contribution in [0, 0.1) is 0 Å². The first kappa shape index (κ1) is 12.8. The Morgan fingerprint density at radius 2 is 1.89 bits per heavy atom. The van der Waals surface area contributed by atoms with Gasteiger partial charge in [-0.2, -0.15) is 0 Å². The third-order valence-corrected chi connectivity index (χ3v) is 2.73. The van der Waals surface area contributed by atoms with Crippen molar-refractivity contribution in [3.05, 3.63) is 52.3 Å². The molecule has 0 atom stereocenters. The SMILES string of the molecule is COC(=O)c1cc(Cl)cn1Nc1ccc(Cl)cc1. The minimum Gasteiger partial charge on any atom is -0.464 e. The van der Waals surface area contributed by atoms with E-state index >= 15 is 0 Å². The van der Waals surface area contributed by atoms with Crippen LogP contribution in [0.15, 0.2) is 36.5 Å². The largest absolute Gasteiger partial charge is 0.464 e. The molecule has 0 amide bonds. The summed E-state index contributed by atoms with van der Waals surface area (Å²) in [5.41, 5.74) is 4.10. The first-order valence-electron chi connectivity index (χ1n) is 5.09. The van der Waals surface area contributed by atoms with Crippen LogP contribution in [0.3, 0.4) is 0 Å². The Balaban J connectivity index is 2.28. The van der Waals surface area contributed by atoms with E-state index < -0.39 is 5.97 Å². The van der Waals surface area contributed by atoms with Crippen LogP contribution in [0.2, 0.25) is 10.0 Å². The lowest BCUT2D eigenvalue weighted by molar-refractivity contribution is 0.0590. The van der Waals surface area contributed by atoms with E-state index in [1.54, 1.807) is 30.5 Å². The molecule has 0 radical (unpaired) electrons. The fraction of sp³-hybridized carbons (Fsp3) is 0.0833. The third-order valence-electron chi connectivity index (χ3n) is 2.27. The van der Waals surface area contributed by atoms with Crippen LogP contribution in [0.25, 0.3) is 0 Å². The summed E-state index contributed by atoms with van der Waals surface area (Å²) < 4.78 is 6.16. The number of halogens is 2. The van der Waals surface area contributed by atoms with Gasteiger partial charge in [-0.25, -0.2) is 4.79 Å². The minimum absolute atomic E-state index is 0.317. The molecule has 6 heteroatoms. The number of methoxy groups -OCH3 is 1. The highest BCUT2D eigenvalue weighted by Gasteiger charge is 2.13. The van der Waals surface area contributed by atoms with Gasteiger partial charge in [-0.3, -0.25) is 10.1 Å². The van der Waals surface area contributed by atoms with E-state index in [2.05, 4.69) is 10.2 Å². The number of aromatic nitrogens is 1. The lowest BCUT2D eigenvalue weighted by Gasteiger charge is -2.10. The first-order chi connectivity index (χ1) is 8.60. The van der Waals surface area contributed by atoms with Gasteiger partial charge in [0.15, 0.2) is 0 Å². The predicted molar refractivity (Wildman–Crippen MR) is 71.3 cm³/mol. The fourth-order valence-electron chi connectivity index (χ4n) is 1.45. The Hall–Kier alpha value is -1.65. The van der Waals surface area contributed by atoms with Crippen molar-refractivity contribution >= 4 is 34.9 Å². The number of rotatable bonds is 3. The van der Waals surface area contributed by atoms with Gasteiger partial charge in [0.05, 0.1) is 17.8 Å². The fourth-order valence-corrected chi connectivity index (χ4v) is 1.78. The van der Waals surface area contributed by atoms with Gasteiger partial charge in [-0.05, 0) is 30.3 Å². The van der Waals surface area contributed by atoms with Crippen LogP contribution < -0.4 is 5.43 Å². The zero-order valence-corrected chi connectivity index (χ0v) is 11.0. The number of carbonyl (C=O) groups is 1. The Labute approximate surface area is 114 Å². The topological polar surface area (TPSA) is 43.3 Å². The van der Waals surface area contributed by atoms with Crippen molar-refractivity contribution in [1.29, 1.82) is 0 Å². The molecule has 1 heterocycles. The zero-order chi connectivity index (χ0) is 13.1.